The maximum atomic E-state index is 14.7. The van der Waals surface area contributed by atoms with Gasteiger partial charge in [-0.15, -0.1) is 0 Å². The maximum absolute atomic E-state index is 14.7. The molecule has 3 aromatic rings. The monoisotopic (exact) mass is 419 g/mol. The summed E-state index contributed by atoms with van der Waals surface area (Å²) in [5, 5.41) is 19.3. The smallest absolute Gasteiger partial charge is 0.340 e. The van der Waals surface area contributed by atoms with E-state index < -0.39 is 28.9 Å². The average Bonchev–Trinajstić information content (AvgIpc) is 2.67. The minimum absolute atomic E-state index is 0.0345. The van der Waals surface area contributed by atoms with Crippen molar-refractivity contribution in [2.75, 3.05) is 17.6 Å². The van der Waals surface area contributed by atoms with Crippen LogP contribution < -0.4 is 10.3 Å². The zero-order chi connectivity index (χ0) is 21.1. The lowest BCUT2D eigenvalue weighted by Crippen LogP contribution is -2.15. The number of aliphatic hydroxyl groups is 2. The van der Waals surface area contributed by atoms with Gasteiger partial charge in [-0.25, -0.2) is 13.9 Å². The van der Waals surface area contributed by atoms with Gasteiger partial charge in [-0.05, 0) is 35.7 Å². The summed E-state index contributed by atoms with van der Waals surface area (Å²) < 4.78 is 34.1. The van der Waals surface area contributed by atoms with Crippen LogP contribution in [-0.2, 0) is 24.2 Å². The van der Waals surface area contributed by atoms with Crippen LogP contribution >= 0.6 is 0 Å². The van der Waals surface area contributed by atoms with Crippen LogP contribution in [0.25, 0.3) is 11.0 Å². The molecule has 0 fully saturated rings. The Morgan fingerprint density at radius 2 is 2.07 bits per heavy atom. The van der Waals surface area contributed by atoms with Gasteiger partial charge in [0.15, 0.2) is 5.82 Å². The van der Waals surface area contributed by atoms with Gasteiger partial charge in [-0.1, -0.05) is 24.3 Å². The van der Waals surface area contributed by atoms with E-state index in [1.807, 2.05) is 0 Å². The van der Waals surface area contributed by atoms with Gasteiger partial charge in [-0.3, -0.25) is 0 Å². The second-order valence-electron chi connectivity index (χ2n) is 6.88. The lowest BCUT2D eigenvalue weighted by molar-refractivity contribution is 0.0955. The number of anilines is 1. The molecule has 0 radical (unpaired) electrons. The fourth-order valence-corrected chi connectivity index (χ4v) is 3.71. The molecular formula is C21H22FNO5S. The molecule has 0 aliphatic heterocycles. The molecule has 0 saturated carbocycles. The van der Waals surface area contributed by atoms with Crippen molar-refractivity contribution in [3.8, 4) is 0 Å². The normalized spacial score (nSPS) is 13.4. The molecule has 1 heterocycles. The number of fused-ring (bicyclic) bond motifs is 1. The third kappa shape index (κ3) is 4.79. The molecule has 3 rings (SSSR count). The van der Waals surface area contributed by atoms with E-state index in [1.165, 1.54) is 12.3 Å². The first-order valence-electron chi connectivity index (χ1n) is 9.01. The Hall–Kier alpha value is -2.39. The first-order chi connectivity index (χ1) is 13.8. The molecule has 0 saturated heterocycles. The number of aliphatic hydroxyl groups excluding tert-OH is 2. The van der Waals surface area contributed by atoms with E-state index in [9.17, 15) is 18.8 Å². The molecular weight excluding hydrogens is 397 g/mol. The topological polar surface area (TPSA) is 106 Å². The highest BCUT2D eigenvalue weighted by Crippen LogP contribution is 2.25. The van der Waals surface area contributed by atoms with Gasteiger partial charge >= 0.3 is 5.63 Å². The number of aryl methyl sites for hydroxylation is 1. The first kappa shape index (κ1) is 21.3. The SMILES string of the molecule is Cc1c(Cc2cccc(N[S+](C)[O-])c2F)c(=O)oc2cc(CC(O)CO)ccc12. The van der Waals surface area contributed by atoms with E-state index in [1.54, 1.807) is 37.3 Å². The molecule has 154 valence electrons. The van der Waals surface area contributed by atoms with Crippen molar-refractivity contribution < 1.29 is 23.6 Å². The zero-order valence-electron chi connectivity index (χ0n) is 16.1. The van der Waals surface area contributed by atoms with Crippen LogP contribution in [0, 0.1) is 12.7 Å². The van der Waals surface area contributed by atoms with Gasteiger partial charge in [0, 0.05) is 23.8 Å². The summed E-state index contributed by atoms with van der Waals surface area (Å²) in [6, 6.07) is 9.92. The number of halogens is 1. The zero-order valence-corrected chi connectivity index (χ0v) is 16.9. The Morgan fingerprint density at radius 3 is 2.76 bits per heavy atom. The standard InChI is InChI=1S/C21H22FNO5S/c1-12-16-7-6-13(8-15(25)11-24)9-19(16)28-21(26)17(12)10-14-4-3-5-18(20(14)22)23-29(2)27/h3-7,9,15,23-25H,8,10-11H2,1-2H3. The highest BCUT2D eigenvalue weighted by Gasteiger charge is 2.17. The van der Waals surface area contributed by atoms with Crippen LogP contribution in [0.4, 0.5) is 10.1 Å². The largest absolute Gasteiger partial charge is 0.593 e. The molecule has 3 N–H and O–H groups in total. The van der Waals surface area contributed by atoms with Crippen molar-refractivity contribution in [2.24, 2.45) is 0 Å². The summed E-state index contributed by atoms with van der Waals surface area (Å²) in [7, 11) is 0. The fourth-order valence-electron chi connectivity index (χ4n) is 3.25. The van der Waals surface area contributed by atoms with Gasteiger partial charge in [0.05, 0.1) is 24.1 Å². The maximum Gasteiger partial charge on any atom is 0.340 e. The second-order valence-corrected chi connectivity index (χ2v) is 7.99. The summed E-state index contributed by atoms with van der Waals surface area (Å²) in [4.78, 5) is 12.6. The Morgan fingerprint density at radius 1 is 1.31 bits per heavy atom. The molecule has 2 unspecified atom stereocenters. The van der Waals surface area contributed by atoms with E-state index in [0.29, 0.717) is 22.1 Å². The summed E-state index contributed by atoms with van der Waals surface area (Å²) >= 11 is -1.42. The summed E-state index contributed by atoms with van der Waals surface area (Å²) in [5.41, 5.74) is 1.96. The summed E-state index contributed by atoms with van der Waals surface area (Å²) in [6.45, 7) is 1.42. The Labute approximate surface area is 170 Å². The van der Waals surface area contributed by atoms with Crippen molar-refractivity contribution in [1.82, 2.24) is 0 Å². The van der Waals surface area contributed by atoms with E-state index >= 15 is 0 Å². The van der Waals surface area contributed by atoms with Crippen LogP contribution in [0.3, 0.4) is 0 Å². The van der Waals surface area contributed by atoms with Crippen LogP contribution in [-0.4, -0.2) is 33.7 Å². The van der Waals surface area contributed by atoms with Gasteiger partial charge in [-0.2, -0.15) is 0 Å². The van der Waals surface area contributed by atoms with Crippen molar-refractivity contribution in [3.63, 3.8) is 0 Å². The third-order valence-corrected chi connectivity index (χ3v) is 5.24. The lowest BCUT2D eigenvalue weighted by Gasteiger charge is -2.13. The number of rotatable bonds is 7. The molecule has 8 heteroatoms. The average molecular weight is 419 g/mol. The number of nitrogens with one attached hydrogen (secondary N) is 1. The number of hydrogen-bond donors (Lipinski definition) is 3. The van der Waals surface area contributed by atoms with Gasteiger partial charge < -0.3 is 19.2 Å². The molecule has 0 aliphatic rings. The number of benzene rings is 2. The lowest BCUT2D eigenvalue weighted by atomic mass is 9.97. The van der Waals surface area contributed by atoms with Crippen molar-refractivity contribution in [1.29, 1.82) is 0 Å². The molecule has 0 amide bonds. The van der Waals surface area contributed by atoms with Gasteiger partial charge in [0.2, 0.25) is 0 Å². The number of hydrogen-bond acceptors (Lipinski definition) is 6. The van der Waals surface area contributed by atoms with Crippen molar-refractivity contribution >= 4 is 28.0 Å². The van der Waals surface area contributed by atoms with Crippen LogP contribution in [0.2, 0.25) is 0 Å². The molecule has 0 spiro atoms. The Kier molecular flexibility index (Phi) is 6.59. The van der Waals surface area contributed by atoms with E-state index in [2.05, 4.69) is 4.72 Å². The predicted octanol–water partition coefficient (Wildman–Crippen LogP) is 2.43. The van der Waals surface area contributed by atoms with Crippen molar-refractivity contribution in [2.45, 2.75) is 25.9 Å². The predicted molar refractivity (Wildman–Crippen MR) is 111 cm³/mol. The quantitative estimate of drug-likeness (QED) is 0.401. The fraction of sp³-hybridized carbons (Fsp3) is 0.286. The van der Waals surface area contributed by atoms with E-state index in [0.717, 1.165) is 5.56 Å². The Bertz CT molecular complexity index is 1080. The molecule has 1 aromatic heterocycles. The summed E-state index contributed by atoms with van der Waals surface area (Å²) in [6.07, 6.45) is 0.788. The first-order valence-corrected chi connectivity index (χ1v) is 10.6. The highest BCUT2D eigenvalue weighted by atomic mass is 32.2. The minimum atomic E-state index is -1.42. The van der Waals surface area contributed by atoms with E-state index in [-0.39, 0.29) is 30.7 Å². The Balaban J connectivity index is 1.99. The van der Waals surface area contributed by atoms with Gasteiger partial charge in [0.25, 0.3) is 0 Å². The van der Waals surface area contributed by atoms with Gasteiger partial charge in [0.1, 0.15) is 17.5 Å². The van der Waals surface area contributed by atoms with Crippen LogP contribution in [0.1, 0.15) is 22.3 Å². The second kappa shape index (κ2) is 8.96. The van der Waals surface area contributed by atoms with E-state index in [4.69, 9.17) is 9.52 Å². The van der Waals surface area contributed by atoms with Crippen molar-refractivity contribution in [3.05, 3.63) is 74.9 Å². The molecule has 6 nitrogen and oxygen atoms in total. The molecule has 0 aliphatic carbocycles. The molecule has 0 bridgehead atoms. The third-order valence-electron chi connectivity index (χ3n) is 4.73. The molecule has 29 heavy (non-hydrogen) atoms. The molecule has 2 aromatic carbocycles. The summed E-state index contributed by atoms with van der Waals surface area (Å²) in [5.74, 6) is -0.560. The molecule has 2 atom stereocenters. The van der Waals surface area contributed by atoms with Crippen LogP contribution in [0.5, 0.6) is 0 Å². The minimum Gasteiger partial charge on any atom is -0.593 e. The highest BCUT2D eigenvalue weighted by molar-refractivity contribution is 7.92. The van der Waals surface area contributed by atoms with Crippen LogP contribution in [0.15, 0.2) is 45.6 Å².